The first-order chi connectivity index (χ1) is 11.3. The lowest BCUT2D eigenvalue weighted by Gasteiger charge is -2.05. The summed E-state index contributed by atoms with van der Waals surface area (Å²) >= 11 is 6.13. The quantitative estimate of drug-likeness (QED) is 0.555. The Labute approximate surface area is 139 Å². The Bertz CT molecular complexity index is 775. The zero-order valence-electron chi connectivity index (χ0n) is 12.4. The minimum Gasteiger partial charge on any atom is -0.539 e. The zero-order chi connectivity index (χ0) is 16.1. The summed E-state index contributed by atoms with van der Waals surface area (Å²) in [6, 6.07) is 17.1. The standard InChI is InChI=1S/C17H16ClN3O2/c18-15-9-5-4-6-13(15)10-11-19-12-16-17(22)23-20-21(16)14-7-2-1-3-8-14/h1-9,19H,10-12H2. The van der Waals surface area contributed by atoms with Gasteiger partial charge >= 0.3 is 0 Å². The van der Waals surface area contributed by atoms with Crippen LogP contribution in [0.1, 0.15) is 11.3 Å². The molecule has 1 aromatic heterocycles. The molecule has 6 heteroatoms. The molecule has 23 heavy (non-hydrogen) atoms. The number of nitrogens with zero attached hydrogens (tertiary/aromatic N) is 2. The highest BCUT2D eigenvalue weighted by atomic mass is 35.5. The maximum atomic E-state index is 11.8. The molecule has 1 heterocycles. The Morgan fingerprint density at radius 1 is 1.09 bits per heavy atom. The second-order valence-electron chi connectivity index (χ2n) is 5.07. The monoisotopic (exact) mass is 329 g/mol. The van der Waals surface area contributed by atoms with Gasteiger partial charge in [-0.15, -0.1) is 0 Å². The van der Waals surface area contributed by atoms with Crippen LogP contribution in [-0.2, 0) is 13.0 Å². The zero-order valence-corrected chi connectivity index (χ0v) is 13.2. The van der Waals surface area contributed by atoms with E-state index in [-0.39, 0.29) is 0 Å². The van der Waals surface area contributed by atoms with E-state index in [0.717, 1.165) is 22.7 Å². The van der Waals surface area contributed by atoms with E-state index >= 15 is 0 Å². The van der Waals surface area contributed by atoms with Crippen LogP contribution in [0.25, 0.3) is 5.69 Å². The third-order valence-corrected chi connectivity index (χ3v) is 3.89. The van der Waals surface area contributed by atoms with Gasteiger partial charge in [0.2, 0.25) is 5.69 Å². The summed E-state index contributed by atoms with van der Waals surface area (Å²) in [4.78, 5) is 0. The van der Waals surface area contributed by atoms with Crippen molar-refractivity contribution in [2.45, 2.75) is 13.0 Å². The highest BCUT2D eigenvalue weighted by Crippen LogP contribution is 2.15. The molecule has 118 valence electrons. The average molecular weight is 330 g/mol. The lowest BCUT2D eigenvalue weighted by Crippen LogP contribution is -2.39. The number of benzene rings is 2. The largest absolute Gasteiger partial charge is 0.539 e. The number of hydrogen-bond acceptors (Lipinski definition) is 4. The third kappa shape index (κ3) is 3.70. The normalized spacial score (nSPS) is 10.8. The van der Waals surface area contributed by atoms with Crippen LogP contribution in [0.5, 0.6) is 5.95 Å². The Balaban J connectivity index is 1.63. The SMILES string of the molecule is [O-]c1on[n+](-c2ccccc2)c1CNCCc1ccccc1Cl. The number of rotatable bonds is 6. The van der Waals surface area contributed by atoms with Gasteiger partial charge in [0.05, 0.1) is 11.8 Å². The Morgan fingerprint density at radius 2 is 1.83 bits per heavy atom. The predicted octanol–water partition coefficient (Wildman–Crippen LogP) is 2.01. The summed E-state index contributed by atoms with van der Waals surface area (Å²) in [7, 11) is 0. The molecule has 0 atom stereocenters. The number of nitrogens with one attached hydrogen (secondary N) is 1. The van der Waals surface area contributed by atoms with E-state index in [4.69, 9.17) is 16.1 Å². The Morgan fingerprint density at radius 3 is 2.61 bits per heavy atom. The summed E-state index contributed by atoms with van der Waals surface area (Å²) in [5, 5.41) is 19.6. The second-order valence-corrected chi connectivity index (χ2v) is 5.48. The molecule has 5 nitrogen and oxygen atoms in total. The number of halogens is 1. The van der Waals surface area contributed by atoms with Gasteiger partial charge in [-0.1, -0.05) is 48.0 Å². The van der Waals surface area contributed by atoms with E-state index in [1.54, 1.807) is 0 Å². The van der Waals surface area contributed by atoms with E-state index in [0.29, 0.717) is 18.8 Å². The number of aromatic nitrogens is 2. The fourth-order valence-electron chi connectivity index (χ4n) is 2.32. The van der Waals surface area contributed by atoms with Gasteiger partial charge in [0.25, 0.3) is 5.69 Å². The lowest BCUT2D eigenvalue weighted by atomic mass is 10.1. The van der Waals surface area contributed by atoms with Crippen molar-refractivity contribution in [1.82, 2.24) is 10.6 Å². The highest BCUT2D eigenvalue weighted by Gasteiger charge is 2.19. The van der Waals surface area contributed by atoms with E-state index < -0.39 is 5.95 Å². The minimum atomic E-state index is -0.431. The molecule has 0 aliphatic carbocycles. The molecule has 0 aliphatic heterocycles. The molecule has 0 fully saturated rings. The van der Waals surface area contributed by atoms with Gasteiger partial charge in [-0.05, 0) is 29.3 Å². The first-order valence-electron chi connectivity index (χ1n) is 7.33. The minimum absolute atomic E-state index is 0.377. The van der Waals surface area contributed by atoms with E-state index in [1.165, 1.54) is 4.68 Å². The van der Waals surface area contributed by atoms with Crippen molar-refractivity contribution in [1.29, 1.82) is 0 Å². The molecule has 2 aromatic carbocycles. The summed E-state index contributed by atoms with van der Waals surface area (Å²) in [6.45, 7) is 1.07. The predicted molar refractivity (Wildman–Crippen MR) is 84.3 cm³/mol. The van der Waals surface area contributed by atoms with Crippen LogP contribution < -0.4 is 15.1 Å². The van der Waals surface area contributed by atoms with Crippen LogP contribution in [-0.4, -0.2) is 11.8 Å². The number of hydrogen-bond donors (Lipinski definition) is 1. The molecule has 0 unspecified atom stereocenters. The summed E-state index contributed by atoms with van der Waals surface area (Å²) in [5.41, 5.74) is 2.34. The van der Waals surface area contributed by atoms with Gasteiger partial charge < -0.3 is 14.9 Å². The lowest BCUT2D eigenvalue weighted by molar-refractivity contribution is -0.677. The summed E-state index contributed by atoms with van der Waals surface area (Å²) in [5.74, 6) is -0.431. The van der Waals surface area contributed by atoms with Crippen LogP contribution in [0.3, 0.4) is 0 Å². The highest BCUT2D eigenvalue weighted by molar-refractivity contribution is 6.31. The molecule has 3 rings (SSSR count). The Kier molecular flexibility index (Phi) is 4.90. The molecule has 0 amide bonds. The van der Waals surface area contributed by atoms with Crippen molar-refractivity contribution in [3.05, 3.63) is 70.9 Å². The summed E-state index contributed by atoms with van der Waals surface area (Å²) in [6.07, 6.45) is 0.782. The summed E-state index contributed by atoms with van der Waals surface area (Å²) < 4.78 is 6.30. The van der Waals surface area contributed by atoms with Crippen molar-refractivity contribution < 1.29 is 14.3 Å². The average Bonchev–Trinajstić information content (AvgIpc) is 2.95. The smallest absolute Gasteiger partial charge is 0.253 e. The van der Waals surface area contributed by atoms with E-state index in [9.17, 15) is 5.11 Å². The van der Waals surface area contributed by atoms with E-state index in [2.05, 4.69) is 10.6 Å². The maximum absolute atomic E-state index is 11.8. The van der Waals surface area contributed by atoms with Crippen LogP contribution in [0.4, 0.5) is 0 Å². The van der Waals surface area contributed by atoms with Crippen LogP contribution in [0.2, 0.25) is 5.02 Å². The van der Waals surface area contributed by atoms with Crippen molar-refractivity contribution in [2.75, 3.05) is 6.54 Å². The van der Waals surface area contributed by atoms with Crippen molar-refractivity contribution in [3.8, 4) is 11.6 Å². The van der Waals surface area contributed by atoms with Crippen LogP contribution in [0.15, 0.2) is 59.1 Å². The van der Waals surface area contributed by atoms with Gasteiger partial charge in [-0.25, -0.2) is 0 Å². The van der Waals surface area contributed by atoms with Gasteiger partial charge in [-0.3, -0.25) is 0 Å². The van der Waals surface area contributed by atoms with Gasteiger partial charge in [0.1, 0.15) is 0 Å². The molecular weight excluding hydrogens is 314 g/mol. The topological polar surface area (TPSA) is 65.0 Å². The molecule has 0 radical (unpaired) electrons. The first kappa shape index (κ1) is 15.5. The van der Waals surface area contributed by atoms with Crippen LogP contribution in [0, 0.1) is 0 Å². The third-order valence-electron chi connectivity index (χ3n) is 3.52. The van der Waals surface area contributed by atoms with Crippen molar-refractivity contribution in [3.63, 3.8) is 0 Å². The molecule has 0 bridgehead atoms. The molecule has 0 saturated heterocycles. The molecule has 0 spiro atoms. The maximum Gasteiger partial charge on any atom is 0.253 e. The molecule has 1 N–H and O–H groups in total. The molecular formula is C17H16ClN3O2. The van der Waals surface area contributed by atoms with E-state index in [1.807, 2.05) is 54.6 Å². The van der Waals surface area contributed by atoms with Gasteiger partial charge in [-0.2, -0.15) is 0 Å². The van der Waals surface area contributed by atoms with Crippen molar-refractivity contribution in [2.24, 2.45) is 0 Å². The fourth-order valence-corrected chi connectivity index (χ4v) is 2.55. The van der Waals surface area contributed by atoms with Crippen molar-refractivity contribution >= 4 is 11.6 Å². The molecule has 0 aliphatic rings. The fraction of sp³-hybridized carbons (Fsp3) is 0.176. The van der Waals surface area contributed by atoms with Gasteiger partial charge in [0.15, 0.2) is 5.95 Å². The first-order valence-corrected chi connectivity index (χ1v) is 7.71. The van der Waals surface area contributed by atoms with Gasteiger partial charge in [0, 0.05) is 17.2 Å². The Hall–Kier alpha value is -2.37. The molecule has 0 saturated carbocycles. The molecule has 3 aromatic rings. The number of para-hydroxylation sites is 1. The van der Waals surface area contributed by atoms with Crippen LogP contribution >= 0.6 is 11.6 Å². The second kappa shape index (κ2) is 7.26.